The molecule has 3 rings (SSSR count). The molecule has 0 spiro atoms. The van der Waals surface area contributed by atoms with E-state index in [2.05, 4.69) is 5.32 Å². The van der Waals surface area contributed by atoms with Gasteiger partial charge in [0, 0.05) is 24.3 Å². The number of carbonyl (C=O) groups excluding carboxylic acids is 1. The van der Waals surface area contributed by atoms with Gasteiger partial charge >= 0.3 is 0 Å². The van der Waals surface area contributed by atoms with Crippen LogP contribution in [-0.4, -0.2) is 39.8 Å². The van der Waals surface area contributed by atoms with Gasteiger partial charge in [-0.25, -0.2) is 8.42 Å². The van der Waals surface area contributed by atoms with Crippen LogP contribution >= 0.6 is 0 Å². The highest BCUT2D eigenvalue weighted by Crippen LogP contribution is 2.28. The highest BCUT2D eigenvalue weighted by atomic mass is 32.2. The Morgan fingerprint density at radius 2 is 1.96 bits per heavy atom. The lowest BCUT2D eigenvalue weighted by Crippen LogP contribution is -2.43. The Morgan fingerprint density at radius 3 is 2.69 bits per heavy atom. The summed E-state index contributed by atoms with van der Waals surface area (Å²) in [5, 5.41) is 3.67. The van der Waals surface area contributed by atoms with Crippen molar-refractivity contribution in [3.05, 3.63) is 35.6 Å². The minimum absolute atomic E-state index is 0.0378. The van der Waals surface area contributed by atoms with Crippen LogP contribution < -0.4 is 5.32 Å². The maximum atomic E-state index is 12.9. The summed E-state index contributed by atoms with van der Waals surface area (Å²) in [7, 11) is -1.66. The normalized spacial score (nSPS) is 21.5. The van der Waals surface area contributed by atoms with Crippen LogP contribution in [-0.2, 0) is 20.3 Å². The largest absolute Gasteiger partial charge is 0.451 e. The number of benzene rings is 1. The van der Waals surface area contributed by atoms with Crippen molar-refractivity contribution in [2.75, 3.05) is 13.4 Å². The molecule has 1 aliphatic rings. The van der Waals surface area contributed by atoms with E-state index < -0.39 is 9.84 Å². The molecule has 7 heteroatoms. The van der Waals surface area contributed by atoms with Crippen molar-refractivity contribution in [2.45, 2.75) is 50.0 Å². The standard InChI is InChI=1S/C19H25NO5S/c1-24-17-11-5-3-4-9-15(17)20-19(21)18-14(12-26(2,22)23)13-8-6-7-10-16(13)25-18/h6-8,10,15,17H,3-5,9,11-12H2,1-2H3,(H,20,21)/t15-,17-/m1/s1. The van der Waals surface area contributed by atoms with Crippen molar-refractivity contribution in [3.8, 4) is 0 Å². The minimum Gasteiger partial charge on any atom is -0.451 e. The van der Waals surface area contributed by atoms with Gasteiger partial charge in [0.15, 0.2) is 15.6 Å². The molecule has 0 saturated heterocycles. The predicted molar refractivity (Wildman–Crippen MR) is 99.9 cm³/mol. The molecule has 6 nitrogen and oxygen atoms in total. The van der Waals surface area contributed by atoms with Gasteiger partial charge in [-0.3, -0.25) is 4.79 Å². The molecule has 0 radical (unpaired) electrons. The lowest BCUT2D eigenvalue weighted by molar-refractivity contribution is 0.0558. The Kier molecular flexibility index (Phi) is 5.67. The molecule has 1 aromatic heterocycles. The molecular weight excluding hydrogens is 354 g/mol. The molecule has 1 saturated carbocycles. The quantitative estimate of drug-likeness (QED) is 0.807. The highest BCUT2D eigenvalue weighted by molar-refractivity contribution is 7.89. The third-order valence-electron chi connectivity index (χ3n) is 4.88. The molecule has 0 unspecified atom stereocenters. The van der Waals surface area contributed by atoms with E-state index in [-0.39, 0.29) is 29.6 Å². The number of rotatable bonds is 5. The minimum atomic E-state index is -3.31. The fourth-order valence-corrected chi connectivity index (χ4v) is 4.45. The van der Waals surface area contributed by atoms with Crippen molar-refractivity contribution in [2.24, 2.45) is 0 Å². The Balaban J connectivity index is 1.93. The predicted octanol–water partition coefficient (Wildman–Crippen LogP) is 3.05. The first-order valence-electron chi connectivity index (χ1n) is 8.91. The van der Waals surface area contributed by atoms with E-state index >= 15 is 0 Å². The Bertz CT molecular complexity index is 886. The number of hydrogen-bond acceptors (Lipinski definition) is 5. The zero-order chi connectivity index (χ0) is 18.7. The Hall–Kier alpha value is -1.86. The summed E-state index contributed by atoms with van der Waals surface area (Å²) in [6.45, 7) is 0. The summed E-state index contributed by atoms with van der Waals surface area (Å²) < 4.78 is 35.0. The maximum absolute atomic E-state index is 12.9. The Morgan fingerprint density at radius 1 is 1.23 bits per heavy atom. The molecule has 142 valence electrons. The molecule has 1 N–H and O–H groups in total. The second kappa shape index (κ2) is 7.80. The highest BCUT2D eigenvalue weighted by Gasteiger charge is 2.29. The number of hydrogen-bond donors (Lipinski definition) is 1. The van der Waals surface area contributed by atoms with Crippen LogP contribution in [0.4, 0.5) is 0 Å². The van der Waals surface area contributed by atoms with Gasteiger partial charge in [-0.05, 0) is 18.9 Å². The maximum Gasteiger partial charge on any atom is 0.287 e. The molecule has 1 heterocycles. The van der Waals surface area contributed by atoms with Crippen molar-refractivity contribution >= 4 is 26.7 Å². The van der Waals surface area contributed by atoms with Crippen LogP contribution in [0.25, 0.3) is 11.0 Å². The number of para-hydroxylation sites is 1. The zero-order valence-corrected chi connectivity index (χ0v) is 16.0. The van der Waals surface area contributed by atoms with Crippen LogP contribution in [0.3, 0.4) is 0 Å². The summed E-state index contributed by atoms with van der Waals surface area (Å²) >= 11 is 0. The average Bonchev–Trinajstić information content (AvgIpc) is 2.79. The summed E-state index contributed by atoms with van der Waals surface area (Å²) in [6, 6.07) is 7.01. The summed E-state index contributed by atoms with van der Waals surface area (Å²) in [4.78, 5) is 12.9. The van der Waals surface area contributed by atoms with Crippen molar-refractivity contribution < 1.29 is 22.4 Å². The van der Waals surface area contributed by atoms with Gasteiger partial charge in [0.25, 0.3) is 5.91 Å². The van der Waals surface area contributed by atoms with E-state index in [1.54, 1.807) is 31.4 Å². The second-order valence-electron chi connectivity index (χ2n) is 6.97. The first-order chi connectivity index (χ1) is 12.4. The fraction of sp³-hybridized carbons (Fsp3) is 0.526. The van der Waals surface area contributed by atoms with Gasteiger partial charge in [-0.15, -0.1) is 0 Å². The van der Waals surface area contributed by atoms with Gasteiger partial charge in [0.1, 0.15) is 5.58 Å². The smallest absolute Gasteiger partial charge is 0.287 e. The third kappa shape index (κ3) is 4.27. The average molecular weight is 379 g/mol. The number of amides is 1. The molecule has 0 bridgehead atoms. The number of methoxy groups -OCH3 is 1. The van der Waals surface area contributed by atoms with E-state index in [4.69, 9.17) is 9.15 Å². The van der Waals surface area contributed by atoms with Crippen LogP contribution in [0, 0.1) is 0 Å². The van der Waals surface area contributed by atoms with Gasteiger partial charge in [-0.1, -0.05) is 37.5 Å². The Labute approximate surface area is 153 Å². The van der Waals surface area contributed by atoms with Crippen LogP contribution in [0.15, 0.2) is 28.7 Å². The van der Waals surface area contributed by atoms with Crippen molar-refractivity contribution in [3.63, 3.8) is 0 Å². The van der Waals surface area contributed by atoms with Crippen molar-refractivity contribution in [1.29, 1.82) is 0 Å². The SMILES string of the molecule is CO[C@@H]1CCCCC[C@H]1NC(=O)c1oc2ccccc2c1CS(C)(=O)=O. The van der Waals surface area contributed by atoms with Gasteiger partial charge in [0.2, 0.25) is 0 Å². The number of sulfone groups is 1. The molecule has 0 aliphatic heterocycles. The number of carbonyl (C=O) groups is 1. The molecule has 1 aliphatic carbocycles. The second-order valence-corrected chi connectivity index (χ2v) is 9.11. The topological polar surface area (TPSA) is 85.6 Å². The van der Waals surface area contributed by atoms with E-state index in [1.807, 2.05) is 0 Å². The summed E-state index contributed by atoms with van der Waals surface area (Å²) in [5.74, 6) is -0.532. The number of ether oxygens (including phenoxy) is 1. The lowest BCUT2D eigenvalue weighted by Gasteiger charge is -2.24. The number of furan rings is 1. The van der Waals surface area contributed by atoms with Crippen molar-refractivity contribution in [1.82, 2.24) is 5.32 Å². The lowest BCUT2D eigenvalue weighted by atomic mass is 10.1. The third-order valence-corrected chi connectivity index (χ3v) is 5.70. The molecule has 26 heavy (non-hydrogen) atoms. The molecule has 1 aromatic carbocycles. The molecule has 2 aromatic rings. The van der Waals surface area contributed by atoms with Crippen LogP contribution in [0.5, 0.6) is 0 Å². The van der Waals surface area contributed by atoms with Gasteiger partial charge in [-0.2, -0.15) is 0 Å². The first-order valence-corrected chi connectivity index (χ1v) is 11.0. The number of fused-ring (bicyclic) bond motifs is 1. The summed E-state index contributed by atoms with van der Waals surface area (Å²) in [6.07, 6.45) is 6.09. The molecule has 2 atom stereocenters. The molecular formula is C19H25NO5S. The monoisotopic (exact) mass is 379 g/mol. The van der Waals surface area contributed by atoms with Gasteiger partial charge < -0.3 is 14.5 Å². The first kappa shape index (κ1) is 18.9. The fourth-order valence-electron chi connectivity index (χ4n) is 3.64. The molecule has 1 amide bonds. The van der Waals surface area contributed by atoms with E-state index in [9.17, 15) is 13.2 Å². The van der Waals surface area contributed by atoms with E-state index in [1.165, 1.54) is 0 Å². The van der Waals surface area contributed by atoms with Gasteiger partial charge in [0.05, 0.1) is 17.9 Å². The molecule has 1 fully saturated rings. The van der Waals surface area contributed by atoms with Crippen LogP contribution in [0.1, 0.15) is 48.2 Å². The van der Waals surface area contributed by atoms with Crippen LogP contribution in [0.2, 0.25) is 0 Å². The summed E-state index contributed by atoms with van der Waals surface area (Å²) in [5.41, 5.74) is 0.934. The van der Waals surface area contributed by atoms with E-state index in [0.29, 0.717) is 16.5 Å². The number of nitrogens with one attached hydrogen (secondary N) is 1. The van der Waals surface area contributed by atoms with E-state index in [0.717, 1.165) is 38.4 Å². The zero-order valence-electron chi connectivity index (χ0n) is 15.2.